The fourth-order valence-corrected chi connectivity index (χ4v) is 1.53. The molecule has 2 heterocycles. The Hall–Kier alpha value is -0.960. The molecule has 0 unspecified atom stereocenters. The first kappa shape index (κ1) is 11.1. The number of likely N-dealkylation sites (N-methyl/N-ethyl adjacent to an activating group) is 1. The van der Waals surface area contributed by atoms with Crippen LogP contribution in [0.3, 0.4) is 0 Å². The normalized spacial score (nSPS) is 16.9. The van der Waals surface area contributed by atoms with Gasteiger partial charge >= 0.3 is 0 Å². The largest absolute Gasteiger partial charge is 0.305 e. The number of aryl methyl sites for hydroxylation is 1. The third-order valence-electron chi connectivity index (χ3n) is 2.24. The molecule has 0 saturated carbocycles. The van der Waals surface area contributed by atoms with Gasteiger partial charge in [-0.2, -0.15) is 0 Å². The van der Waals surface area contributed by atoms with Gasteiger partial charge < -0.3 is 4.90 Å². The standard InChI is InChI=1S/C9H13N3.C2H6/c1-7-3-4-10-9(11-7)8-5-12(2)6-8;1-2/h3-4,8H,5-6H2,1-2H3;1-2H3. The highest BCUT2D eigenvalue weighted by Crippen LogP contribution is 2.21. The van der Waals surface area contributed by atoms with E-state index in [2.05, 4.69) is 21.9 Å². The van der Waals surface area contributed by atoms with Gasteiger partial charge in [-0.05, 0) is 20.0 Å². The van der Waals surface area contributed by atoms with Crippen LogP contribution in [0.2, 0.25) is 0 Å². The summed E-state index contributed by atoms with van der Waals surface area (Å²) in [5.41, 5.74) is 1.06. The molecule has 3 nitrogen and oxygen atoms in total. The minimum Gasteiger partial charge on any atom is -0.305 e. The quantitative estimate of drug-likeness (QED) is 0.681. The van der Waals surface area contributed by atoms with Crippen molar-refractivity contribution in [3.8, 4) is 0 Å². The molecule has 1 saturated heterocycles. The van der Waals surface area contributed by atoms with Gasteiger partial charge in [0.05, 0.1) is 0 Å². The van der Waals surface area contributed by atoms with Crippen molar-refractivity contribution in [1.82, 2.24) is 14.9 Å². The Morgan fingerprint density at radius 3 is 2.50 bits per heavy atom. The van der Waals surface area contributed by atoms with Gasteiger partial charge in [-0.3, -0.25) is 0 Å². The number of likely N-dealkylation sites (tertiary alicyclic amines) is 1. The van der Waals surface area contributed by atoms with Crippen molar-refractivity contribution >= 4 is 0 Å². The summed E-state index contributed by atoms with van der Waals surface area (Å²) in [6.07, 6.45) is 1.84. The number of hydrogen-bond donors (Lipinski definition) is 0. The van der Waals surface area contributed by atoms with Crippen LogP contribution in [0.15, 0.2) is 12.3 Å². The highest BCUT2D eigenvalue weighted by molar-refractivity contribution is 5.08. The Morgan fingerprint density at radius 1 is 1.36 bits per heavy atom. The third-order valence-corrected chi connectivity index (χ3v) is 2.24. The molecule has 0 radical (unpaired) electrons. The lowest BCUT2D eigenvalue weighted by atomic mass is 10.0. The van der Waals surface area contributed by atoms with E-state index < -0.39 is 0 Å². The van der Waals surface area contributed by atoms with Gasteiger partial charge in [0, 0.05) is 30.9 Å². The highest BCUT2D eigenvalue weighted by Gasteiger charge is 2.26. The Morgan fingerprint density at radius 2 is 2.00 bits per heavy atom. The van der Waals surface area contributed by atoms with Crippen LogP contribution in [0.5, 0.6) is 0 Å². The first-order valence-corrected chi connectivity index (χ1v) is 5.24. The number of aromatic nitrogens is 2. The first-order chi connectivity index (χ1) is 6.75. The van der Waals surface area contributed by atoms with Gasteiger partial charge in [0.15, 0.2) is 0 Å². The van der Waals surface area contributed by atoms with Gasteiger partial charge in [0.2, 0.25) is 0 Å². The zero-order valence-corrected chi connectivity index (χ0v) is 9.49. The molecule has 1 aromatic rings. The van der Waals surface area contributed by atoms with Crippen LogP contribution in [0.4, 0.5) is 0 Å². The van der Waals surface area contributed by atoms with Crippen LogP contribution in [0.25, 0.3) is 0 Å². The lowest BCUT2D eigenvalue weighted by Crippen LogP contribution is -2.42. The van der Waals surface area contributed by atoms with Crippen LogP contribution < -0.4 is 0 Å². The highest BCUT2D eigenvalue weighted by atomic mass is 15.2. The number of hydrogen-bond acceptors (Lipinski definition) is 3. The summed E-state index contributed by atoms with van der Waals surface area (Å²) < 4.78 is 0. The third kappa shape index (κ3) is 2.51. The van der Waals surface area contributed by atoms with E-state index >= 15 is 0 Å². The summed E-state index contributed by atoms with van der Waals surface area (Å²) in [4.78, 5) is 10.9. The van der Waals surface area contributed by atoms with Crippen LogP contribution in [-0.4, -0.2) is 35.0 Å². The zero-order valence-electron chi connectivity index (χ0n) is 9.49. The molecular formula is C11H19N3. The SMILES string of the molecule is CC.Cc1ccnc(C2CN(C)C2)n1. The maximum Gasteiger partial charge on any atom is 0.134 e. The van der Waals surface area contributed by atoms with E-state index in [1.165, 1.54) is 0 Å². The van der Waals surface area contributed by atoms with E-state index in [0.717, 1.165) is 24.6 Å². The molecule has 0 bridgehead atoms. The number of nitrogens with zero attached hydrogens (tertiary/aromatic N) is 3. The van der Waals surface area contributed by atoms with Crippen molar-refractivity contribution in [2.75, 3.05) is 20.1 Å². The first-order valence-electron chi connectivity index (χ1n) is 5.24. The fourth-order valence-electron chi connectivity index (χ4n) is 1.53. The van der Waals surface area contributed by atoms with Gasteiger partial charge in [-0.15, -0.1) is 0 Å². The molecule has 1 aromatic heterocycles. The summed E-state index contributed by atoms with van der Waals surface area (Å²) in [6, 6.07) is 1.94. The monoisotopic (exact) mass is 193 g/mol. The molecule has 2 rings (SSSR count). The van der Waals surface area contributed by atoms with Crippen molar-refractivity contribution < 1.29 is 0 Å². The minimum absolute atomic E-state index is 0.565. The molecule has 0 aliphatic carbocycles. The molecule has 3 heteroatoms. The molecule has 0 amide bonds. The van der Waals surface area contributed by atoms with Crippen LogP contribution >= 0.6 is 0 Å². The van der Waals surface area contributed by atoms with Crippen molar-refractivity contribution in [2.45, 2.75) is 26.7 Å². The van der Waals surface area contributed by atoms with E-state index in [0.29, 0.717) is 5.92 Å². The lowest BCUT2D eigenvalue weighted by molar-refractivity contribution is 0.183. The molecule has 1 aliphatic heterocycles. The van der Waals surface area contributed by atoms with Crippen LogP contribution in [0.1, 0.15) is 31.3 Å². The molecule has 0 spiro atoms. The predicted octanol–water partition coefficient (Wildman–Crippen LogP) is 1.84. The van der Waals surface area contributed by atoms with Crippen molar-refractivity contribution in [3.05, 3.63) is 23.8 Å². The molecule has 0 N–H and O–H groups in total. The Balaban J connectivity index is 0.000000461. The zero-order chi connectivity index (χ0) is 10.6. The summed E-state index contributed by atoms with van der Waals surface area (Å²) in [5, 5.41) is 0. The van der Waals surface area contributed by atoms with Crippen LogP contribution in [-0.2, 0) is 0 Å². The fraction of sp³-hybridized carbons (Fsp3) is 0.636. The Labute approximate surface area is 86.2 Å². The van der Waals surface area contributed by atoms with Gasteiger partial charge in [-0.25, -0.2) is 9.97 Å². The molecular weight excluding hydrogens is 174 g/mol. The van der Waals surface area contributed by atoms with Gasteiger partial charge in [0.1, 0.15) is 5.82 Å². The van der Waals surface area contributed by atoms with Crippen molar-refractivity contribution in [1.29, 1.82) is 0 Å². The molecule has 0 atom stereocenters. The van der Waals surface area contributed by atoms with E-state index in [4.69, 9.17) is 0 Å². The minimum atomic E-state index is 0.565. The Kier molecular flexibility index (Phi) is 4.01. The summed E-state index contributed by atoms with van der Waals surface area (Å²) in [5.74, 6) is 1.57. The average Bonchev–Trinajstić information content (AvgIpc) is 2.16. The van der Waals surface area contributed by atoms with Crippen LogP contribution in [0, 0.1) is 6.92 Å². The van der Waals surface area contributed by atoms with E-state index in [1.54, 1.807) is 0 Å². The van der Waals surface area contributed by atoms with Crippen molar-refractivity contribution in [2.24, 2.45) is 0 Å². The molecule has 78 valence electrons. The van der Waals surface area contributed by atoms with Crippen molar-refractivity contribution in [3.63, 3.8) is 0 Å². The molecule has 1 fully saturated rings. The number of rotatable bonds is 1. The maximum atomic E-state index is 4.39. The summed E-state index contributed by atoms with van der Waals surface area (Å²) in [6.45, 7) is 8.21. The van der Waals surface area contributed by atoms with E-state index in [-0.39, 0.29) is 0 Å². The molecule has 0 aromatic carbocycles. The maximum absolute atomic E-state index is 4.39. The summed E-state index contributed by atoms with van der Waals surface area (Å²) >= 11 is 0. The average molecular weight is 193 g/mol. The smallest absolute Gasteiger partial charge is 0.134 e. The molecule has 14 heavy (non-hydrogen) atoms. The second-order valence-corrected chi connectivity index (χ2v) is 3.47. The predicted molar refractivity (Wildman–Crippen MR) is 58.4 cm³/mol. The summed E-state index contributed by atoms with van der Waals surface area (Å²) in [7, 11) is 2.12. The Bertz CT molecular complexity index is 280. The second kappa shape index (κ2) is 5.05. The second-order valence-electron chi connectivity index (χ2n) is 3.47. The topological polar surface area (TPSA) is 29.0 Å². The van der Waals surface area contributed by atoms with Gasteiger partial charge in [0.25, 0.3) is 0 Å². The lowest BCUT2D eigenvalue weighted by Gasteiger charge is -2.34. The van der Waals surface area contributed by atoms with Gasteiger partial charge in [-0.1, -0.05) is 13.8 Å². The van der Waals surface area contributed by atoms with E-state index in [9.17, 15) is 0 Å². The molecule has 1 aliphatic rings. The van der Waals surface area contributed by atoms with E-state index in [1.807, 2.05) is 33.0 Å².